The summed E-state index contributed by atoms with van der Waals surface area (Å²) < 4.78 is 0. The molecule has 5 atom stereocenters. The van der Waals surface area contributed by atoms with Crippen molar-refractivity contribution in [3.63, 3.8) is 0 Å². The quantitative estimate of drug-likeness (QED) is 0.737. The van der Waals surface area contributed by atoms with Crippen molar-refractivity contribution in [1.29, 1.82) is 0 Å². The normalized spacial score (nSPS) is 39.3. The van der Waals surface area contributed by atoms with E-state index >= 15 is 0 Å². The summed E-state index contributed by atoms with van der Waals surface area (Å²) in [4.78, 5) is 11.6. The molecule has 0 heterocycles. The second-order valence-corrected chi connectivity index (χ2v) is 10.7. The second kappa shape index (κ2) is 5.83. The van der Waals surface area contributed by atoms with E-state index in [-0.39, 0.29) is 16.7 Å². The van der Waals surface area contributed by atoms with E-state index < -0.39 is 0 Å². The van der Waals surface area contributed by atoms with Gasteiger partial charge in [-0.2, -0.15) is 0 Å². The van der Waals surface area contributed by atoms with Crippen LogP contribution in [0.4, 0.5) is 5.69 Å². The molecule has 1 amide bonds. The Hall–Kier alpha value is -1.35. The molecule has 2 fully saturated rings. The summed E-state index contributed by atoms with van der Waals surface area (Å²) in [5.74, 6) is 1.36. The predicted molar refractivity (Wildman–Crippen MR) is 112 cm³/mol. The average Bonchev–Trinajstić information content (AvgIpc) is 2.85. The first-order valence-electron chi connectivity index (χ1n) is 10.7. The first-order chi connectivity index (χ1) is 12.5. The highest BCUT2D eigenvalue weighted by atomic mass is 16.1. The van der Waals surface area contributed by atoms with Gasteiger partial charge < -0.3 is 11.1 Å². The van der Waals surface area contributed by atoms with E-state index in [9.17, 15) is 4.79 Å². The third-order valence-corrected chi connectivity index (χ3v) is 8.89. The summed E-state index contributed by atoms with van der Waals surface area (Å²) in [6.45, 7) is 13.7. The van der Waals surface area contributed by atoms with Gasteiger partial charge in [-0.3, -0.25) is 4.79 Å². The SMILES string of the molecule is CC(=O)Nc1cc(C)c2c(c1)CC1C2(C)CCC2C(C)(C)C(N)CCC12C. The lowest BCUT2D eigenvalue weighted by Crippen LogP contribution is -2.60. The maximum atomic E-state index is 11.6. The Morgan fingerprint density at radius 3 is 2.48 bits per heavy atom. The summed E-state index contributed by atoms with van der Waals surface area (Å²) in [6, 6.07) is 4.73. The van der Waals surface area contributed by atoms with Crippen LogP contribution in [0.5, 0.6) is 0 Å². The first kappa shape index (κ1) is 19.0. The van der Waals surface area contributed by atoms with E-state index in [0.29, 0.717) is 23.3 Å². The van der Waals surface area contributed by atoms with E-state index in [4.69, 9.17) is 5.73 Å². The van der Waals surface area contributed by atoms with Crippen LogP contribution in [0.25, 0.3) is 0 Å². The van der Waals surface area contributed by atoms with E-state index in [2.05, 4.69) is 52.1 Å². The van der Waals surface area contributed by atoms with E-state index in [1.165, 1.54) is 30.4 Å². The summed E-state index contributed by atoms with van der Waals surface area (Å²) in [5.41, 5.74) is 12.7. The molecule has 3 N–H and O–H groups in total. The highest BCUT2D eigenvalue weighted by molar-refractivity contribution is 5.89. The summed E-state index contributed by atoms with van der Waals surface area (Å²) in [6.07, 6.45) is 6.05. The van der Waals surface area contributed by atoms with Gasteiger partial charge in [0.15, 0.2) is 0 Å². The summed E-state index contributed by atoms with van der Waals surface area (Å²) in [5, 5.41) is 3.00. The molecule has 5 unspecified atom stereocenters. The number of carbonyl (C=O) groups excluding carboxylic acids is 1. The van der Waals surface area contributed by atoms with Crippen molar-refractivity contribution in [1.82, 2.24) is 0 Å². The van der Waals surface area contributed by atoms with Crippen molar-refractivity contribution >= 4 is 11.6 Å². The third kappa shape index (κ3) is 2.53. The van der Waals surface area contributed by atoms with Crippen LogP contribution >= 0.6 is 0 Å². The zero-order chi connectivity index (χ0) is 19.8. The molecule has 0 aliphatic heterocycles. The van der Waals surface area contributed by atoms with Crippen LogP contribution in [0.1, 0.15) is 77.0 Å². The molecule has 1 aromatic rings. The molecule has 0 aromatic heterocycles. The Kier molecular flexibility index (Phi) is 4.10. The van der Waals surface area contributed by atoms with Gasteiger partial charge in [0.05, 0.1) is 0 Å². The highest BCUT2D eigenvalue weighted by Crippen LogP contribution is 2.67. The number of benzene rings is 1. The molecule has 3 aliphatic carbocycles. The molecular weight excluding hydrogens is 332 g/mol. The monoisotopic (exact) mass is 368 g/mol. The van der Waals surface area contributed by atoms with Crippen molar-refractivity contribution in [3.8, 4) is 0 Å². The number of fused-ring (bicyclic) bond motifs is 5. The van der Waals surface area contributed by atoms with Crippen LogP contribution in [0, 0.1) is 29.6 Å². The van der Waals surface area contributed by atoms with Crippen LogP contribution in [-0.4, -0.2) is 11.9 Å². The zero-order valence-corrected chi connectivity index (χ0v) is 17.9. The number of hydrogen-bond acceptors (Lipinski definition) is 2. The van der Waals surface area contributed by atoms with Gasteiger partial charge in [0, 0.05) is 18.7 Å². The number of anilines is 1. The summed E-state index contributed by atoms with van der Waals surface area (Å²) >= 11 is 0. The van der Waals surface area contributed by atoms with Crippen molar-refractivity contribution < 1.29 is 4.79 Å². The van der Waals surface area contributed by atoms with Gasteiger partial charge >= 0.3 is 0 Å². The minimum atomic E-state index is 0.00557. The van der Waals surface area contributed by atoms with Crippen LogP contribution in [-0.2, 0) is 16.6 Å². The Morgan fingerprint density at radius 1 is 1.11 bits per heavy atom. The topological polar surface area (TPSA) is 55.1 Å². The van der Waals surface area contributed by atoms with Gasteiger partial charge in [-0.1, -0.05) is 27.7 Å². The average molecular weight is 369 g/mol. The minimum Gasteiger partial charge on any atom is -0.327 e. The lowest BCUT2D eigenvalue weighted by atomic mass is 9.42. The highest BCUT2D eigenvalue weighted by Gasteiger charge is 2.62. The molecule has 3 heteroatoms. The number of carbonyl (C=O) groups is 1. The number of nitrogens with two attached hydrogens (primary N) is 1. The smallest absolute Gasteiger partial charge is 0.221 e. The molecule has 0 bridgehead atoms. The fraction of sp³-hybridized carbons (Fsp3) is 0.708. The molecule has 27 heavy (non-hydrogen) atoms. The zero-order valence-electron chi connectivity index (χ0n) is 17.9. The van der Waals surface area contributed by atoms with Gasteiger partial charge in [0.1, 0.15) is 0 Å². The van der Waals surface area contributed by atoms with Crippen molar-refractivity contribution in [2.24, 2.45) is 28.4 Å². The van der Waals surface area contributed by atoms with Crippen LogP contribution < -0.4 is 11.1 Å². The van der Waals surface area contributed by atoms with Crippen molar-refractivity contribution in [2.75, 3.05) is 5.32 Å². The van der Waals surface area contributed by atoms with Gasteiger partial charge in [-0.15, -0.1) is 0 Å². The van der Waals surface area contributed by atoms with Crippen LogP contribution in [0.3, 0.4) is 0 Å². The molecule has 2 saturated carbocycles. The van der Waals surface area contributed by atoms with Crippen molar-refractivity contribution in [3.05, 3.63) is 28.8 Å². The van der Waals surface area contributed by atoms with Gasteiger partial charge in [-0.25, -0.2) is 0 Å². The van der Waals surface area contributed by atoms with Crippen LogP contribution in [0.2, 0.25) is 0 Å². The number of aryl methyl sites for hydroxylation is 1. The Bertz CT molecular complexity index is 798. The van der Waals surface area contributed by atoms with E-state index in [1.54, 1.807) is 12.5 Å². The maximum absolute atomic E-state index is 11.6. The fourth-order valence-electron chi connectivity index (χ4n) is 7.68. The molecular formula is C24H36N2O. The second-order valence-electron chi connectivity index (χ2n) is 10.7. The number of rotatable bonds is 1. The standard InChI is InChI=1S/C24H36N2O/c1-14-11-17(26-15(2)27)12-16-13-19-23(5)10-8-20(25)22(3,4)18(23)7-9-24(19,6)21(14)16/h11-12,18-20H,7-10,13,25H2,1-6H3,(H,26,27). The Balaban J connectivity index is 1.78. The molecule has 1 aromatic carbocycles. The minimum absolute atomic E-state index is 0.00557. The Labute approximate surface area is 164 Å². The summed E-state index contributed by atoms with van der Waals surface area (Å²) in [7, 11) is 0. The largest absolute Gasteiger partial charge is 0.327 e. The van der Waals surface area contributed by atoms with E-state index in [0.717, 1.165) is 18.5 Å². The van der Waals surface area contributed by atoms with Gasteiger partial charge in [-0.05, 0) is 95.9 Å². The molecule has 148 valence electrons. The Morgan fingerprint density at radius 2 is 1.81 bits per heavy atom. The molecule has 0 radical (unpaired) electrons. The fourth-order valence-corrected chi connectivity index (χ4v) is 7.68. The molecule has 0 spiro atoms. The lowest BCUT2D eigenvalue weighted by Gasteiger charge is -2.62. The molecule has 3 nitrogen and oxygen atoms in total. The maximum Gasteiger partial charge on any atom is 0.221 e. The van der Waals surface area contributed by atoms with Gasteiger partial charge in [0.25, 0.3) is 0 Å². The predicted octanol–water partition coefficient (Wildman–Crippen LogP) is 4.95. The molecule has 4 rings (SSSR count). The lowest BCUT2D eigenvalue weighted by molar-refractivity contribution is -0.114. The van der Waals surface area contributed by atoms with E-state index in [1.807, 2.05) is 0 Å². The third-order valence-electron chi connectivity index (χ3n) is 8.89. The van der Waals surface area contributed by atoms with Crippen LogP contribution in [0.15, 0.2) is 12.1 Å². The van der Waals surface area contributed by atoms with Crippen molar-refractivity contribution in [2.45, 2.75) is 85.1 Å². The first-order valence-corrected chi connectivity index (χ1v) is 10.7. The molecule has 0 saturated heterocycles. The number of nitrogens with one attached hydrogen (secondary N) is 1. The number of hydrogen-bond donors (Lipinski definition) is 2. The van der Waals surface area contributed by atoms with Gasteiger partial charge in [0.2, 0.25) is 5.91 Å². The molecule has 3 aliphatic rings. The number of amides is 1.